The highest BCUT2D eigenvalue weighted by atomic mass is 35.5. The number of rotatable bonds is 7. The van der Waals surface area contributed by atoms with Crippen molar-refractivity contribution in [3.63, 3.8) is 0 Å². The first-order valence-electron chi connectivity index (χ1n) is 11.8. The third kappa shape index (κ3) is 5.21. The highest BCUT2D eigenvalue weighted by molar-refractivity contribution is 7.92. The van der Waals surface area contributed by atoms with E-state index in [2.05, 4.69) is 14.6 Å². The summed E-state index contributed by atoms with van der Waals surface area (Å²) in [6.07, 6.45) is 2.23. The zero-order valence-corrected chi connectivity index (χ0v) is 21.4. The minimum atomic E-state index is -3.42. The van der Waals surface area contributed by atoms with Gasteiger partial charge in [-0.15, -0.1) is 0 Å². The number of anilines is 1. The summed E-state index contributed by atoms with van der Waals surface area (Å²) in [5, 5.41) is 1.51. The molecule has 1 amide bonds. The van der Waals surface area contributed by atoms with Gasteiger partial charge in [-0.1, -0.05) is 29.8 Å². The number of benzene rings is 2. The lowest BCUT2D eigenvalue weighted by Gasteiger charge is -2.34. The maximum atomic E-state index is 13.0. The van der Waals surface area contributed by atoms with Crippen LogP contribution in [0.15, 0.2) is 42.5 Å². The minimum absolute atomic E-state index is 0.0267. The maximum Gasteiger partial charge on any atom is 0.339 e. The Morgan fingerprint density at radius 2 is 1.94 bits per heavy atom. The molecular formula is C25H27ClN4O5S. The van der Waals surface area contributed by atoms with Gasteiger partial charge >= 0.3 is 5.97 Å². The molecule has 0 radical (unpaired) electrons. The second-order valence-corrected chi connectivity index (χ2v) is 11.4. The Balaban J connectivity index is 1.11. The minimum Gasteiger partial charge on any atom is -0.454 e. The van der Waals surface area contributed by atoms with Crippen molar-refractivity contribution >= 4 is 50.1 Å². The van der Waals surface area contributed by atoms with Crippen molar-refractivity contribution in [2.75, 3.05) is 43.7 Å². The van der Waals surface area contributed by atoms with Crippen LogP contribution in [-0.4, -0.2) is 74.1 Å². The van der Waals surface area contributed by atoms with E-state index in [0.717, 1.165) is 48.8 Å². The monoisotopic (exact) mass is 530 g/mol. The number of para-hydroxylation sites is 1. The van der Waals surface area contributed by atoms with Crippen molar-refractivity contribution in [1.82, 2.24) is 14.8 Å². The van der Waals surface area contributed by atoms with Crippen molar-refractivity contribution in [2.24, 2.45) is 0 Å². The number of fused-ring (bicyclic) bond motifs is 2. The van der Waals surface area contributed by atoms with Crippen molar-refractivity contribution < 1.29 is 22.7 Å². The molecule has 0 aliphatic carbocycles. The molecule has 1 saturated heterocycles. The van der Waals surface area contributed by atoms with Crippen molar-refractivity contribution in [2.45, 2.75) is 18.9 Å². The number of aromatic amines is 1. The summed E-state index contributed by atoms with van der Waals surface area (Å²) in [6.45, 7) is 3.66. The average Bonchev–Trinajstić information content (AvgIpc) is 3.40. The van der Waals surface area contributed by atoms with Gasteiger partial charge in [-0.3, -0.25) is 14.4 Å². The van der Waals surface area contributed by atoms with E-state index in [0.29, 0.717) is 41.5 Å². The van der Waals surface area contributed by atoms with Gasteiger partial charge in [0.25, 0.3) is 5.91 Å². The lowest BCUT2D eigenvalue weighted by Crippen LogP contribution is -2.48. The standard InChI is InChI=1S/C25H27ClN4O5S/c1-36(33,34)28-17-7-8-18-19(15-17)25(32)35-22(18)6-3-9-29-10-12-30(13-11-29)24(31)21-14-16-4-2-5-20(26)23(16)27-21/h2,4-5,7-8,14-15,22,27-28H,3,6,9-13H2,1H3. The summed E-state index contributed by atoms with van der Waals surface area (Å²) >= 11 is 6.23. The molecule has 11 heteroatoms. The maximum absolute atomic E-state index is 13.0. The summed E-state index contributed by atoms with van der Waals surface area (Å²) in [5.74, 6) is -0.460. The molecule has 5 rings (SSSR count). The molecule has 2 aliphatic heterocycles. The number of carbonyl (C=O) groups is 2. The number of amides is 1. The Labute approximate surface area is 214 Å². The number of nitrogens with zero attached hydrogens (tertiary/aromatic N) is 2. The number of ether oxygens (including phenoxy) is 1. The summed E-state index contributed by atoms with van der Waals surface area (Å²) in [7, 11) is -3.42. The van der Waals surface area contributed by atoms with Crippen LogP contribution in [0, 0.1) is 0 Å². The Kier molecular flexibility index (Phi) is 6.67. The molecule has 1 atom stereocenters. The topological polar surface area (TPSA) is 112 Å². The van der Waals surface area contributed by atoms with Gasteiger partial charge in [0.05, 0.1) is 22.4 Å². The number of sulfonamides is 1. The Bertz CT molecular complexity index is 1430. The molecule has 3 aromatic rings. The van der Waals surface area contributed by atoms with Gasteiger partial charge in [0.15, 0.2) is 0 Å². The van der Waals surface area contributed by atoms with Crippen LogP contribution >= 0.6 is 11.6 Å². The number of piperazine rings is 1. The lowest BCUT2D eigenvalue weighted by molar-refractivity contribution is 0.0353. The molecule has 0 spiro atoms. The molecule has 2 aliphatic rings. The van der Waals surface area contributed by atoms with Crippen LogP contribution in [-0.2, 0) is 14.8 Å². The van der Waals surface area contributed by atoms with E-state index in [1.165, 1.54) is 6.07 Å². The molecule has 190 valence electrons. The predicted octanol–water partition coefficient (Wildman–Crippen LogP) is 3.64. The number of nitrogens with one attached hydrogen (secondary N) is 2. The van der Waals surface area contributed by atoms with Crippen LogP contribution in [0.4, 0.5) is 5.69 Å². The van der Waals surface area contributed by atoms with Gasteiger partial charge in [-0.2, -0.15) is 0 Å². The number of carbonyl (C=O) groups excluding carboxylic acids is 2. The second kappa shape index (κ2) is 9.76. The van der Waals surface area contributed by atoms with E-state index >= 15 is 0 Å². The number of aromatic nitrogens is 1. The quantitative estimate of drug-likeness (QED) is 0.451. The number of cyclic esters (lactones) is 1. The first-order chi connectivity index (χ1) is 17.2. The summed E-state index contributed by atoms with van der Waals surface area (Å²) < 4.78 is 30.8. The number of halogens is 1. The van der Waals surface area contributed by atoms with E-state index < -0.39 is 16.0 Å². The molecule has 2 aromatic carbocycles. The number of hydrogen-bond donors (Lipinski definition) is 2. The molecular weight excluding hydrogens is 504 g/mol. The Morgan fingerprint density at radius 3 is 2.67 bits per heavy atom. The first-order valence-corrected chi connectivity index (χ1v) is 14.1. The second-order valence-electron chi connectivity index (χ2n) is 9.23. The van der Waals surface area contributed by atoms with E-state index in [1.807, 2.05) is 23.1 Å². The lowest BCUT2D eigenvalue weighted by atomic mass is 10.0. The van der Waals surface area contributed by atoms with E-state index in [-0.39, 0.29) is 12.0 Å². The zero-order valence-electron chi connectivity index (χ0n) is 19.8. The van der Waals surface area contributed by atoms with Crippen LogP contribution in [0.5, 0.6) is 0 Å². The zero-order chi connectivity index (χ0) is 25.4. The van der Waals surface area contributed by atoms with Crippen LogP contribution in [0.1, 0.15) is 45.4 Å². The Morgan fingerprint density at radius 1 is 1.17 bits per heavy atom. The molecule has 36 heavy (non-hydrogen) atoms. The SMILES string of the molecule is CS(=O)(=O)Nc1ccc2c(c1)C(=O)OC2CCCN1CCN(C(=O)c2cc3cccc(Cl)c3[nH]2)CC1. The van der Waals surface area contributed by atoms with Crippen LogP contribution in [0.2, 0.25) is 5.02 Å². The summed E-state index contributed by atoms with van der Waals surface area (Å²) in [6, 6.07) is 12.4. The number of hydrogen-bond acceptors (Lipinski definition) is 6. The molecule has 1 fully saturated rings. The summed E-state index contributed by atoms with van der Waals surface area (Å²) in [5.41, 5.74) is 2.85. The highest BCUT2D eigenvalue weighted by Crippen LogP contribution is 2.35. The van der Waals surface area contributed by atoms with Crippen molar-refractivity contribution in [3.05, 3.63) is 64.3 Å². The fraction of sp³-hybridized carbons (Fsp3) is 0.360. The van der Waals surface area contributed by atoms with Gasteiger partial charge in [-0.25, -0.2) is 13.2 Å². The smallest absolute Gasteiger partial charge is 0.339 e. The normalized spacial score (nSPS) is 18.3. The largest absolute Gasteiger partial charge is 0.454 e. The van der Waals surface area contributed by atoms with Gasteiger partial charge in [0.1, 0.15) is 11.8 Å². The van der Waals surface area contributed by atoms with Gasteiger partial charge in [-0.05, 0) is 43.7 Å². The molecule has 2 N–H and O–H groups in total. The average molecular weight is 531 g/mol. The van der Waals surface area contributed by atoms with Crippen molar-refractivity contribution in [3.8, 4) is 0 Å². The van der Waals surface area contributed by atoms with Crippen molar-refractivity contribution in [1.29, 1.82) is 0 Å². The van der Waals surface area contributed by atoms with Gasteiger partial charge in [0.2, 0.25) is 10.0 Å². The van der Waals surface area contributed by atoms with E-state index in [4.69, 9.17) is 16.3 Å². The molecule has 0 saturated carbocycles. The molecule has 1 unspecified atom stereocenters. The molecule has 3 heterocycles. The van der Waals surface area contributed by atoms with E-state index in [9.17, 15) is 18.0 Å². The molecule has 9 nitrogen and oxygen atoms in total. The van der Waals surface area contributed by atoms with Crippen LogP contribution in [0.3, 0.4) is 0 Å². The molecule has 1 aromatic heterocycles. The fourth-order valence-corrected chi connectivity index (χ4v) is 5.63. The van der Waals surface area contributed by atoms with E-state index in [1.54, 1.807) is 18.2 Å². The number of esters is 1. The van der Waals surface area contributed by atoms with Gasteiger partial charge in [0, 0.05) is 42.8 Å². The summed E-state index contributed by atoms with van der Waals surface area (Å²) in [4.78, 5) is 32.6. The highest BCUT2D eigenvalue weighted by Gasteiger charge is 2.31. The van der Waals surface area contributed by atoms with Crippen LogP contribution in [0.25, 0.3) is 10.9 Å². The third-order valence-electron chi connectivity index (χ3n) is 6.61. The van der Waals surface area contributed by atoms with Crippen LogP contribution < -0.4 is 4.72 Å². The predicted molar refractivity (Wildman–Crippen MR) is 138 cm³/mol. The third-order valence-corrected chi connectivity index (χ3v) is 7.53. The van der Waals surface area contributed by atoms with Gasteiger partial charge < -0.3 is 14.6 Å². The molecule has 0 bridgehead atoms. The first kappa shape index (κ1) is 24.6. The fourth-order valence-electron chi connectivity index (χ4n) is 4.84. The Hall–Kier alpha value is -3.08. The number of H-pyrrole nitrogens is 1.